The van der Waals surface area contributed by atoms with Gasteiger partial charge in [0.05, 0.1) is 10.6 Å². The molecule has 60 valence electrons. The van der Waals surface area contributed by atoms with E-state index in [4.69, 9.17) is 16.9 Å². The van der Waals surface area contributed by atoms with E-state index >= 15 is 0 Å². The molecule has 0 aliphatic rings. The molecule has 0 rings (SSSR count). The summed E-state index contributed by atoms with van der Waals surface area (Å²) in [5, 5.41) is 8.45. The van der Waals surface area contributed by atoms with Crippen LogP contribution in [0, 0.1) is 0 Å². The molecule has 10 heavy (non-hydrogen) atoms. The summed E-state index contributed by atoms with van der Waals surface area (Å²) in [6.45, 7) is 0. The highest BCUT2D eigenvalue weighted by atomic mass is 33.2. The second-order valence-corrected chi connectivity index (χ2v) is 13.7. The van der Waals surface area contributed by atoms with Crippen LogP contribution in [0.2, 0.25) is 0 Å². The van der Waals surface area contributed by atoms with Crippen molar-refractivity contribution in [2.24, 2.45) is 0 Å². The van der Waals surface area contributed by atoms with Crippen molar-refractivity contribution in [3.63, 3.8) is 0 Å². The molecule has 0 atom stereocenters. The first-order valence-electron chi connectivity index (χ1n) is 2.46. The molecule has 0 aliphatic carbocycles. The van der Waals surface area contributed by atoms with E-state index in [0.29, 0.717) is 0 Å². The molecule has 0 unspecified atom stereocenters. The molecule has 1 N–H and O–H groups in total. The second kappa shape index (κ2) is 4.65. The maximum Gasteiger partial charge on any atom is 0.310 e. The van der Waals surface area contributed by atoms with Crippen LogP contribution < -0.4 is 0 Å². The van der Waals surface area contributed by atoms with E-state index in [1.165, 1.54) is 22.8 Å². The summed E-state index contributed by atoms with van der Waals surface area (Å²) in [7, 11) is 0. The van der Waals surface area contributed by atoms with Gasteiger partial charge in [0.15, 0.2) is 0 Å². The predicted molar refractivity (Wildman–Crippen MR) is 53.8 cm³/mol. The van der Waals surface area contributed by atoms with Gasteiger partial charge in [0.2, 0.25) is 0 Å². The molecule has 0 saturated heterocycles. The van der Waals surface area contributed by atoms with Crippen LogP contribution in [-0.4, -0.2) is 29.7 Å². The van der Waals surface area contributed by atoms with E-state index < -0.39 is 10.4 Å². The lowest BCUT2D eigenvalue weighted by molar-refractivity contribution is -0.133. The van der Waals surface area contributed by atoms with E-state index in [-0.39, 0.29) is 6.16 Å². The fourth-order valence-electron chi connectivity index (χ4n) is 0.369. The summed E-state index contributed by atoms with van der Waals surface area (Å²) in [6, 6.07) is 0. The van der Waals surface area contributed by atoms with Gasteiger partial charge in [-0.25, -0.2) is 0 Å². The molecule has 6 heteroatoms. The fraction of sp³-hybridized carbons (Fsp3) is 0.750. The van der Waals surface area contributed by atoms with Crippen molar-refractivity contribution >= 4 is 45.0 Å². The molecule has 0 saturated carbocycles. The Hall–Kier alpha value is 0.820. The summed E-state index contributed by atoms with van der Waals surface area (Å²) >= 11 is 8.15. The predicted octanol–water partition coefficient (Wildman–Crippen LogP) is 2.11. The molecule has 0 aliphatic heterocycles. The Balaban J connectivity index is 4.07. The zero-order valence-corrected chi connectivity index (χ0v) is 9.08. The van der Waals surface area contributed by atoms with E-state index in [9.17, 15) is 4.79 Å². The van der Waals surface area contributed by atoms with Crippen molar-refractivity contribution in [3.05, 3.63) is 0 Å². The molecule has 0 heterocycles. The topological polar surface area (TPSA) is 37.3 Å². The van der Waals surface area contributed by atoms with Gasteiger partial charge < -0.3 is 5.11 Å². The monoisotopic (exact) mass is 216 g/mol. The summed E-state index contributed by atoms with van der Waals surface area (Å²) in [5.41, 5.74) is 0. The van der Waals surface area contributed by atoms with Crippen molar-refractivity contribution in [2.75, 3.05) is 18.7 Å². The van der Waals surface area contributed by atoms with Crippen molar-refractivity contribution in [3.8, 4) is 0 Å². The second-order valence-electron chi connectivity index (χ2n) is 1.53. The van der Waals surface area contributed by atoms with Crippen LogP contribution in [0.1, 0.15) is 0 Å². The molecule has 0 radical (unpaired) electrons. The van der Waals surface area contributed by atoms with Crippen LogP contribution in [0.3, 0.4) is 0 Å². The summed E-state index contributed by atoms with van der Waals surface area (Å²) in [6.07, 6.45) is 3.89. The van der Waals surface area contributed by atoms with E-state index in [1.54, 1.807) is 0 Å². The Labute approximate surface area is 73.7 Å². The number of aliphatic carboxylic acids is 1. The third-order valence-electron chi connectivity index (χ3n) is 0.885. The molecule has 0 fully saturated rings. The Bertz CT molecular complexity index is 162. The Kier molecular flexibility index (Phi) is 5.03. The van der Waals surface area contributed by atoms with Gasteiger partial charge in [-0.05, 0) is 12.5 Å². The number of carboxylic acids is 1. The maximum atomic E-state index is 10.3. The highest BCUT2D eigenvalue weighted by molar-refractivity contribution is 9.00. The first-order chi connectivity index (χ1) is 4.54. The van der Waals surface area contributed by atoms with Crippen LogP contribution in [0.15, 0.2) is 0 Å². The van der Waals surface area contributed by atoms with Gasteiger partial charge in [-0.15, -0.1) is 22.8 Å². The Morgan fingerprint density at radius 3 is 2.10 bits per heavy atom. The third-order valence-corrected chi connectivity index (χ3v) is 12.5. The summed E-state index contributed by atoms with van der Waals surface area (Å²) < 4.78 is -1.67. The first kappa shape index (κ1) is 10.8. The van der Waals surface area contributed by atoms with Crippen molar-refractivity contribution < 1.29 is 9.90 Å². The van der Waals surface area contributed by atoms with E-state index in [0.717, 1.165) is 0 Å². The van der Waals surface area contributed by atoms with Gasteiger partial charge in [0, 0.05) is 0 Å². The highest BCUT2D eigenvalue weighted by Crippen LogP contribution is 2.66. The SMILES string of the molecule is CSP(=S)(CC(=O)O)SC. The molecule has 0 spiro atoms. The van der Waals surface area contributed by atoms with E-state index in [2.05, 4.69) is 0 Å². The molecular weight excluding hydrogens is 207 g/mol. The van der Waals surface area contributed by atoms with Crippen LogP contribution in [0.5, 0.6) is 0 Å². The number of hydrogen-bond donors (Lipinski definition) is 1. The number of carboxylic acid groups (broad SMARTS) is 1. The van der Waals surface area contributed by atoms with Gasteiger partial charge in [0.25, 0.3) is 0 Å². The van der Waals surface area contributed by atoms with Gasteiger partial charge >= 0.3 is 5.97 Å². The zero-order chi connectivity index (χ0) is 8.20. The lowest BCUT2D eigenvalue weighted by Crippen LogP contribution is -1.99. The first-order valence-corrected chi connectivity index (χ1v) is 9.11. The molecular formula is C4H9O2PS3. The van der Waals surface area contributed by atoms with Crippen molar-refractivity contribution in [1.29, 1.82) is 0 Å². The van der Waals surface area contributed by atoms with Crippen LogP contribution >= 0.6 is 27.2 Å². The van der Waals surface area contributed by atoms with Crippen LogP contribution in [-0.2, 0) is 16.6 Å². The number of carbonyl (C=O) groups is 1. The Morgan fingerprint density at radius 2 is 2.00 bits per heavy atom. The third kappa shape index (κ3) is 3.86. The minimum Gasteiger partial charge on any atom is -0.481 e. The molecule has 0 aromatic rings. The fourth-order valence-corrected chi connectivity index (χ4v) is 4.67. The molecule has 0 aromatic heterocycles. The maximum absolute atomic E-state index is 10.3. The number of hydrogen-bond acceptors (Lipinski definition) is 4. The molecule has 0 bridgehead atoms. The quantitative estimate of drug-likeness (QED) is 0.728. The zero-order valence-electron chi connectivity index (χ0n) is 5.73. The average Bonchev–Trinajstić information content (AvgIpc) is 1.87. The molecule has 0 aromatic carbocycles. The lowest BCUT2D eigenvalue weighted by atomic mass is 10.8. The normalized spacial score (nSPS) is 11.4. The van der Waals surface area contributed by atoms with Crippen LogP contribution in [0.25, 0.3) is 0 Å². The summed E-state index contributed by atoms with van der Waals surface area (Å²) in [4.78, 5) is 10.3. The lowest BCUT2D eigenvalue weighted by Gasteiger charge is -2.12. The standard InChI is InChI=1S/C4H9O2PS3/c1-9-7(8,10-2)3-4(5)6/h3H2,1-2H3,(H,5,6). The molecule has 2 nitrogen and oxygen atoms in total. The molecule has 0 amide bonds. The Morgan fingerprint density at radius 1 is 1.60 bits per heavy atom. The van der Waals surface area contributed by atoms with Crippen molar-refractivity contribution in [1.82, 2.24) is 0 Å². The minimum atomic E-state index is -1.67. The van der Waals surface area contributed by atoms with Crippen molar-refractivity contribution in [2.45, 2.75) is 0 Å². The minimum absolute atomic E-state index is 0.144. The smallest absolute Gasteiger partial charge is 0.310 e. The average molecular weight is 216 g/mol. The highest BCUT2D eigenvalue weighted by Gasteiger charge is 2.17. The van der Waals surface area contributed by atoms with Gasteiger partial charge in [0.1, 0.15) is 0 Å². The van der Waals surface area contributed by atoms with E-state index in [1.807, 2.05) is 12.5 Å². The summed E-state index contributed by atoms with van der Waals surface area (Å²) in [5.74, 6) is -0.785. The van der Waals surface area contributed by atoms with Crippen LogP contribution in [0.4, 0.5) is 0 Å². The van der Waals surface area contributed by atoms with Gasteiger partial charge in [-0.1, -0.05) is 11.8 Å². The number of rotatable bonds is 4. The van der Waals surface area contributed by atoms with Gasteiger partial charge in [-0.2, -0.15) is 0 Å². The van der Waals surface area contributed by atoms with Gasteiger partial charge in [-0.3, -0.25) is 4.79 Å². The largest absolute Gasteiger partial charge is 0.481 e.